The van der Waals surface area contributed by atoms with Gasteiger partial charge in [-0.15, -0.1) is 0 Å². The van der Waals surface area contributed by atoms with E-state index in [1.165, 1.54) is 0 Å². The van der Waals surface area contributed by atoms with E-state index < -0.39 is 76.2 Å². The number of hydrogen-bond acceptors (Lipinski definition) is 11. The summed E-state index contributed by atoms with van der Waals surface area (Å²) >= 11 is 0. The molecule has 1 aromatic heterocycles. The molecule has 1 unspecified atom stereocenters. The number of ether oxygens (including phenoxy) is 3. The number of esters is 2. The first kappa shape index (κ1) is 31.7. The monoisotopic (exact) mass is 565 g/mol. The molecule has 0 bridgehead atoms. The number of aromatic nitrogens is 1. The van der Waals surface area contributed by atoms with Crippen molar-refractivity contribution < 1.29 is 43.0 Å². The van der Waals surface area contributed by atoms with Crippen LogP contribution in [0.2, 0.25) is 0 Å². The Kier molecular flexibility index (Phi) is 9.59. The summed E-state index contributed by atoms with van der Waals surface area (Å²) in [4.78, 5) is 52.4. The number of anilines is 1. The van der Waals surface area contributed by atoms with E-state index in [1.54, 1.807) is 41.5 Å². The summed E-state index contributed by atoms with van der Waals surface area (Å²) in [5.74, 6) is -3.84. The number of nitro groups is 1. The molecule has 0 aliphatic carbocycles. The van der Waals surface area contributed by atoms with Crippen LogP contribution in [0.15, 0.2) is 24.4 Å². The summed E-state index contributed by atoms with van der Waals surface area (Å²) in [5, 5.41) is 20.9. The third-order valence-electron chi connectivity index (χ3n) is 4.83. The highest BCUT2D eigenvalue weighted by Gasteiger charge is 2.31. The zero-order valence-corrected chi connectivity index (χ0v) is 22.9. The van der Waals surface area contributed by atoms with Crippen molar-refractivity contribution in [1.82, 2.24) is 9.88 Å². The number of carboxylic acid groups (broad SMARTS) is 1. The summed E-state index contributed by atoms with van der Waals surface area (Å²) in [6, 6.07) is 1.15. The molecule has 218 valence electrons. The maximum absolute atomic E-state index is 14.7. The molecule has 1 amide bonds. The highest BCUT2D eigenvalue weighted by atomic mass is 19.1. The Morgan fingerprint density at radius 2 is 1.75 bits per heavy atom. The van der Waals surface area contributed by atoms with Gasteiger partial charge in [-0.3, -0.25) is 14.9 Å². The van der Waals surface area contributed by atoms with Crippen LogP contribution < -0.4 is 16.2 Å². The molecule has 0 saturated carbocycles. The first-order chi connectivity index (χ1) is 18.3. The van der Waals surface area contributed by atoms with Gasteiger partial charge in [0.2, 0.25) is 0 Å². The van der Waals surface area contributed by atoms with E-state index in [-0.39, 0.29) is 17.0 Å². The van der Waals surface area contributed by atoms with E-state index in [2.05, 4.69) is 4.98 Å². The summed E-state index contributed by atoms with van der Waals surface area (Å²) in [6.07, 6.45) is -0.511. The van der Waals surface area contributed by atoms with Gasteiger partial charge < -0.3 is 35.7 Å². The summed E-state index contributed by atoms with van der Waals surface area (Å²) in [5.41, 5.74) is 8.66. The van der Waals surface area contributed by atoms with Crippen molar-refractivity contribution in [1.29, 1.82) is 0 Å². The highest BCUT2D eigenvalue weighted by molar-refractivity contribution is 5.91. The SMILES string of the molecule is CC(C)(C)OC(=O)c1ncc(N)c(Oc2ccc([N+](=O)[O-])cc2F)c1CN(CC(N)C(=O)OC(C)(C)C)C(=O)O. The molecule has 0 spiro atoms. The van der Waals surface area contributed by atoms with Crippen molar-refractivity contribution >= 4 is 29.4 Å². The minimum atomic E-state index is -1.54. The predicted molar refractivity (Wildman–Crippen MR) is 139 cm³/mol. The third-order valence-corrected chi connectivity index (χ3v) is 4.83. The van der Waals surface area contributed by atoms with Crippen molar-refractivity contribution in [2.24, 2.45) is 5.73 Å². The normalized spacial score (nSPS) is 12.3. The van der Waals surface area contributed by atoms with Crippen LogP contribution in [0.25, 0.3) is 0 Å². The van der Waals surface area contributed by atoms with Crippen LogP contribution in [-0.2, 0) is 20.8 Å². The van der Waals surface area contributed by atoms with E-state index in [4.69, 9.17) is 25.7 Å². The van der Waals surface area contributed by atoms with Gasteiger partial charge in [-0.25, -0.2) is 19.0 Å². The van der Waals surface area contributed by atoms with Crippen molar-refractivity contribution in [2.45, 2.75) is 65.3 Å². The molecule has 2 rings (SSSR count). The fraction of sp³-hybridized carbons (Fsp3) is 0.440. The lowest BCUT2D eigenvalue weighted by Crippen LogP contribution is -2.47. The summed E-state index contributed by atoms with van der Waals surface area (Å²) in [6.45, 7) is 8.39. The molecule has 1 heterocycles. The Bertz CT molecular complexity index is 1300. The van der Waals surface area contributed by atoms with Crippen LogP contribution in [0.5, 0.6) is 11.5 Å². The number of hydrogen-bond donors (Lipinski definition) is 3. The number of nitrogen functional groups attached to an aromatic ring is 1. The standard InChI is InChI=1S/C25H32FN5O9/c1-24(2,3)39-21(32)17(28)12-30(23(34)35)11-14-19(22(33)40-25(4,5)6)29-10-16(27)20(14)38-18-8-7-13(31(36)37)9-15(18)26/h7-10,17H,11-12,27-28H2,1-6H3,(H,34,35). The quantitative estimate of drug-likeness (QED) is 0.226. The van der Waals surface area contributed by atoms with E-state index >= 15 is 0 Å². The second-order valence-corrected chi connectivity index (χ2v) is 10.6. The van der Waals surface area contributed by atoms with Gasteiger partial charge in [0, 0.05) is 11.6 Å². The fourth-order valence-electron chi connectivity index (χ4n) is 3.21. The highest BCUT2D eigenvalue weighted by Crippen LogP contribution is 2.36. The molecule has 1 aromatic carbocycles. The number of halogens is 1. The molecule has 14 nitrogen and oxygen atoms in total. The molecule has 0 aliphatic rings. The number of nitrogens with zero attached hydrogens (tertiary/aromatic N) is 3. The van der Waals surface area contributed by atoms with Gasteiger partial charge in [0.25, 0.3) is 5.69 Å². The van der Waals surface area contributed by atoms with Crippen molar-refractivity contribution in [3.8, 4) is 11.5 Å². The second-order valence-electron chi connectivity index (χ2n) is 10.6. The van der Waals surface area contributed by atoms with Gasteiger partial charge in [-0.05, 0) is 47.6 Å². The van der Waals surface area contributed by atoms with E-state index in [9.17, 15) is 34.0 Å². The average molecular weight is 566 g/mol. The van der Waals surface area contributed by atoms with E-state index in [0.29, 0.717) is 11.0 Å². The molecule has 2 aromatic rings. The van der Waals surface area contributed by atoms with Gasteiger partial charge in [0.1, 0.15) is 17.2 Å². The maximum Gasteiger partial charge on any atom is 0.407 e. The lowest BCUT2D eigenvalue weighted by molar-refractivity contribution is -0.385. The van der Waals surface area contributed by atoms with Crippen LogP contribution >= 0.6 is 0 Å². The predicted octanol–water partition coefficient (Wildman–Crippen LogP) is 3.61. The molecular weight excluding hydrogens is 533 g/mol. The number of non-ortho nitro benzene ring substituents is 1. The van der Waals surface area contributed by atoms with Crippen LogP contribution in [0.4, 0.5) is 20.6 Å². The Morgan fingerprint density at radius 3 is 2.25 bits per heavy atom. The zero-order chi connectivity index (χ0) is 30.6. The van der Waals surface area contributed by atoms with Crippen LogP contribution in [0.3, 0.4) is 0 Å². The molecule has 0 fully saturated rings. The van der Waals surface area contributed by atoms with E-state index in [1.807, 2.05) is 0 Å². The minimum absolute atomic E-state index is 0.221. The first-order valence-corrected chi connectivity index (χ1v) is 11.9. The van der Waals surface area contributed by atoms with Crippen molar-refractivity contribution in [3.05, 3.63) is 51.6 Å². The largest absolute Gasteiger partial charge is 0.465 e. The summed E-state index contributed by atoms with van der Waals surface area (Å²) in [7, 11) is 0. The molecule has 0 saturated heterocycles. The topological polar surface area (TPSA) is 210 Å². The molecule has 40 heavy (non-hydrogen) atoms. The van der Waals surface area contributed by atoms with Crippen molar-refractivity contribution in [3.63, 3.8) is 0 Å². The lowest BCUT2D eigenvalue weighted by atomic mass is 10.1. The number of nitro benzene ring substituents is 1. The summed E-state index contributed by atoms with van der Waals surface area (Å²) < 4.78 is 30.9. The molecule has 0 aliphatic heterocycles. The first-order valence-electron chi connectivity index (χ1n) is 11.9. The van der Waals surface area contributed by atoms with E-state index in [0.717, 1.165) is 18.3 Å². The Morgan fingerprint density at radius 1 is 1.15 bits per heavy atom. The molecule has 5 N–H and O–H groups in total. The Labute approximate surface area is 229 Å². The van der Waals surface area contributed by atoms with Gasteiger partial charge in [0.05, 0.1) is 36.0 Å². The van der Waals surface area contributed by atoms with Gasteiger partial charge in [0.15, 0.2) is 23.0 Å². The lowest BCUT2D eigenvalue weighted by Gasteiger charge is -2.27. The number of nitrogens with two attached hydrogens (primary N) is 2. The third kappa shape index (κ3) is 8.76. The smallest absolute Gasteiger partial charge is 0.407 e. The maximum atomic E-state index is 14.7. The Balaban J connectivity index is 2.60. The number of carbonyl (C=O) groups excluding carboxylic acids is 2. The minimum Gasteiger partial charge on any atom is -0.465 e. The molecular formula is C25H32FN5O9. The fourth-order valence-corrected chi connectivity index (χ4v) is 3.21. The average Bonchev–Trinajstić information content (AvgIpc) is 2.79. The second kappa shape index (κ2) is 12.1. The van der Waals surface area contributed by atoms with Crippen LogP contribution in [0.1, 0.15) is 57.6 Å². The molecule has 15 heteroatoms. The number of rotatable bonds is 9. The van der Waals surface area contributed by atoms with Crippen LogP contribution in [0, 0.1) is 15.9 Å². The number of carbonyl (C=O) groups is 3. The van der Waals surface area contributed by atoms with Gasteiger partial charge >= 0.3 is 18.0 Å². The zero-order valence-electron chi connectivity index (χ0n) is 22.9. The number of benzene rings is 1. The van der Waals surface area contributed by atoms with Crippen molar-refractivity contribution in [2.75, 3.05) is 12.3 Å². The number of pyridine rings is 1. The molecule has 0 radical (unpaired) electrons. The van der Waals surface area contributed by atoms with Gasteiger partial charge in [-0.1, -0.05) is 0 Å². The van der Waals surface area contributed by atoms with Crippen LogP contribution in [-0.4, -0.2) is 61.7 Å². The van der Waals surface area contributed by atoms with Gasteiger partial charge in [-0.2, -0.15) is 0 Å². The number of amides is 1. The molecule has 1 atom stereocenters. The Hall–Kier alpha value is -4.53.